The van der Waals surface area contributed by atoms with Crippen LogP contribution in [0.1, 0.15) is 34.6 Å². The minimum absolute atomic E-state index is 0.0876. The second-order valence-electron chi connectivity index (χ2n) is 5.91. The fraction of sp³-hybridized carbons (Fsp3) is 0.733. The van der Waals surface area contributed by atoms with E-state index < -0.39 is 0 Å². The largest absolute Gasteiger partial charge is 0.380 e. The van der Waals surface area contributed by atoms with E-state index in [-0.39, 0.29) is 16.6 Å². The molecule has 1 heterocycles. The van der Waals surface area contributed by atoms with Crippen LogP contribution in [0.25, 0.3) is 0 Å². The van der Waals surface area contributed by atoms with Gasteiger partial charge in [-0.15, -0.1) is 0 Å². The average molecular weight is 316 g/mol. The van der Waals surface area contributed by atoms with E-state index in [0.29, 0.717) is 37.3 Å². The normalized spacial score (nSPS) is 13.0. The summed E-state index contributed by atoms with van der Waals surface area (Å²) >= 11 is 6.19. The lowest BCUT2D eigenvalue weighted by Gasteiger charge is -2.23. The molecule has 0 saturated heterocycles. The summed E-state index contributed by atoms with van der Waals surface area (Å²) in [6.45, 7) is 12.0. The van der Waals surface area contributed by atoms with Gasteiger partial charge in [0.15, 0.2) is 0 Å². The van der Waals surface area contributed by atoms with Crippen molar-refractivity contribution in [3.63, 3.8) is 0 Å². The molecule has 0 aliphatic carbocycles. The predicted octanol–water partition coefficient (Wildman–Crippen LogP) is 3.03. The average Bonchev–Trinajstić information content (AvgIpc) is 2.41. The van der Waals surface area contributed by atoms with Gasteiger partial charge in [0, 0.05) is 13.2 Å². The number of hydrogen-bond donors (Lipinski definition) is 1. The molecule has 0 fully saturated rings. The highest BCUT2D eigenvalue weighted by molar-refractivity contribution is 6.32. The van der Waals surface area contributed by atoms with Crippen LogP contribution in [-0.2, 0) is 11.3 Å². The van der Waals surface area contributed by atoms with Gasteiger partial charge in [-0.25, -0.2) is 4.68 Å². The molecule has 1 rings (SSSR count). The summed E-state index contributed by atoms with van der Waals surface area (Å²) in [7, 11) is 0. The third kappa shape index (κ3) is 5.32. The third-order valence-corrected chi connectivity index (χ3v) is 3.54. The number of nitrogens with one attached hydrogen (secondary N) is 1. The smallest absolute Gasteiger partial charge is 0.287 e. The maximum absolute atomic E-state index is 12.2. The minimum Gasteiger partial charge on any atom is -0.380 e. The van der Waals surface area contributed by atoms with Crippen LogP contribution in [0, 0.1) is 11.8 Å². The number of halogens is 1. The van der Waals surface area contributed by atoms with Gasteiger partial charge in [0.1, 0.15) is 5.02 Å². The van der Waals surface area contributed by atoms with Gasteiger partial charge in [-0.2, -0.15) is 5.10 Å². The van der Waals surface area contributed by atoms with Crippen molar-refractivity contribution in [2.75, 3.05) is 18.5 Å². The lowest BCUT2D eigenvalue weighted by molar-refractivity contribution is 0.127. The zero-order chi connectivity index (χ0) is 16.0. The molecular formula is C15H26ClN3O2. The summed E-state index contributed by atoms with van der Waals surface area (Å²) in [5, 5.41) is 7.65. The predicted molar refractivity (Wildman–Crippen MR) is 87.1 cm³/mol. The molecule has 1 unspecified atom stereocenters. The Kier molecular flexibility index (Phi) is 7.18. The van der Waals surface area contributed by atoms with Crippen molar-refractivity contribution in [3.05, 3.63) is 21.6 Å². The van der Waals surface area contributed by atoms with Crippen LogP contribution < -0.4 is 10.9 Å². The molecule has 6 heteroatoms. The lowest BCUT2D eigenvalue weighted by Crippen LogP contribution is -2.33. The SMILES string of the molecule is CCOCC(Nc1cnn(CC(C)C)c(=O)c1Cl)C(C)C. The van der Waals surface area contributed by atoms with Crippen molar-refractivity contribution < 1.29 is 4.74 Å². The molecule has 120 valence electrons. The molecule has 0 aromatic carbocycles. The zero-order valence-corrected chi connectivity index (χ0v) is 14.3. The molecule has 1 aromatic heterocycles. The first-order chi connectivity index (χ1) is 9.86. The lowest BCUT2D eigenvalue weighted by atomic mass is 10.1. The van der Waals surface area contributed by atoms with Gasteiger partial charge in [-0.1, -0.05) is 39.3 Å². The van der Waals surface area contributed by atoms with E-state index >= 15 is 0 Å². The van der Waals surface area contributed by atoms with Crippen molar-refractivity contribution in [2.45, 2.75) is 47.2 Å². The first-order valence-electron chi connectivity index (χ1n) is 7.46. The number of nitrogens with zero attached hydrogens (tertiary/aromatic N) is 2. The van der Waals surface area contributed by atoms with Gasteiger partial charge < -0.3 is 10.1 Å². The Morgan fingerprint density at radius 1 is 1.38 bits per heavy atom. The summed E-state index contributed by atoms with van der Waals surface area (Å²) in [5.41, 5.74) is 0.314. The monoisotopic (exact) mass is 315 g/mol. The second kappa shape index (κ2) is 8.39. The number of hydrogen-bond acceptors (Lipinski definition) is 4. The number of ether oxygens (including phenoxy) is 1. The molecule has 0 radical (unpaired) electrons. The Bertz CT molecular complexity index is 500. The van der Waals surface area contributed by atoms with Gasteiger partial charge in [-0.3, -0.25) is 4.79 Å². The molecule has 0 spiro atoms. The van der Waals surface area contributed by atoms with Crippen LogP contribution in [0.2, 0.25) is 5.02 Å². The van der Waals surface area contributed by atoms with Crippen molar-refractivity contribution in [1.82, 2.24) is 9.78 Å². The van der Waals surface area contributed by atoms with Crippen molar-refractivity contribution in [2.24, 2.45) is 11.8 Å². The van der Waals surface area contributed by atoms with E-state index in [1.54, 1.807) is 6.20 Å². The highest BCUT2D eigenvalue weighted by Gasteiger charge is 2.17. The van der Waals surface area contributed by atoms with Crippen LogP contribution >= 0.6 is 11.6 Å². The molecule has 1 atom stereocenters. The summed E-state index contributed by atoms with van der Waals surface area (Å²) in [4.78, 5) is 12.2. The Balaban J connectivity index is 2.93. The maximum Gasteiger partial charge on any atom is 0.287 e. The quantitative estimate of drug-likeness (QED) is 0.801. The molecule has 0 aliphatic heterocycles. The topological polar surface area (TPSA) is 56.1 Å². The van der Waals surface area contributed by atoms with E-state index in [1.165, 1.54) is 4.68 Å². The summed E-state index contributed by atoms with van der Waals surface area (Å²) in [5.74, 6) is 0.692. The van der Waals surface area contributed by atoms with E-state index in [1.807, 2.05) is 20.8 Å². The molecule has 0 saturated carbocycles. The Hall–Kier alpha value is -1.07. The highest BCUT2D eigenvalue weighted by Crippen LogP contribution is 2.19. The van der Waals surface area contributed by atoms with Gasteiger partial charge in [0.05, 0.1) is 24.5 Å². The van der Waals surface area contributed by atoms with Crippen LogP contribution in [0.3, 0.4) is 0 Å². The molecule has 5 nitrogen and oxygen atoms in total. The number of anilines is 1. The third-order valence-electron chi connectivity index (χ3n) is 3.17. The van der Waals surface area contributed by atoms with Crippen molar-refractivity contribution in [1.29, 1.82) is 0 Å². The fourth-order valence-corrected chi connectivity index (χ4v) is 2.09. The standard InChI is InChI=1S/C15H26ClN3O2/c1-6-21-9-13(11(4)5)18-12-7-17-19(8-10(2)3)15(20)14(12)16/h7,10-11,13,18H,6,8-9H2,1-5H3. The van der Waals surface area contributed by atoms with Crippen LogP contribution in [0.5, 0.6) is 0 Å². The first kappa shape index (κ1) is 18.0. The summed E-state index contributed by atoms with van der Waals surface area (Å²) in [6, 6.07) is 0.0876. The van der Waals surface area contributed by atoms with E-state index in [9.17, 15) is 4.79 Å². The Labute approximate surface area is 131 Å². The number of aromatic nitrogens is 2. The maximum atomic E-state index is 12.2. The molecule has 0 aliphatic rings. The van der Waals surface area contributed by atoms with Gasteiger partial charge in [0.2, 0.25) is 0 Å². The summed E-state index contributed by atoms with van der Waals surface area (Å²) < 4.78 is 6.87. The van der Waals surface area contributed by atoms with E-state index in [2.05, 4.69) is 24.3 Å². The zero-order valence-electron chi connectivity index (χ0n) is 13.5. The first-order valence-corrected chi connectivity index (χ1v) is 7.84. The van der Waals surface area contributed by atoms with Gasteiger partial charge in [0.25, 0.3) is 5.56 Å². The molecule has 1 aromatic rings. The fourth-order valence-electron chi connectivity index (χ4n) is 1.89. The molecule has 21 heavy (non-hydrogen) atoms. The van der Waals surface area contributed by atoms with Gasteiger partial charge in [-0.05, 0) is 18.8 Å². The highest BCUT2D eigenvalue weighted by atomic mass is 35.5. The van der Waals surface area contributed by atoms with Crippen LogP contribution in [0.4, 0.5) is 5.69 Å². The minimum atomic E-state index is -0.255. The van der Waals surface area contributed by atoms with Crippen molar-refractivity contribution in [3.8, 4) is 0 Å². The Morgan fingerprint density at radius 3 is 2.57 bits per heavy atom. The molecular weight excluding hydrogens is 290 g/mol. The van der Waals surface area contributed by atoms with Crippen molar-refractivity contribution >= 4 is 17.3 Å². The number of rotatable bonds is 8. The van der Waals surface area contributed by atoms with Crippen LogP contribution in [0.15, 0.2) is 11.0 Å². The summed E-state index contributed by atoms with van der Waals surface area (Å²) in [6.07, 6.45) is 1.62. The molecule has 1 N–H and O–H groups in total. The molecule has 0 amide bonds. The molecule has 0 bridgehead atoms. The Morgan fingerprint density at radius 2 is 2.05 bits per heavy atom. The van der Waals surface area contributed by atoms with E-state index in [4.69, 9.17) is 16.3 Å². The van der Waals surface area contributed by atoms with E-state index in [0.717, 1.165) is 0 Å². The van der Waals surface area contributed by atoms with Crippen LogP contribution in [-0.4, -0.2) is 29.0 Å². The second-order valence-corrected chi connectivity index (χ2v) is 6.29. The van der Waals surface area contributed by atoms with Gasteiger partial charge >= 0.3 is 0 Å².